The molecule has 1 aliphatic rings. The number of likely N-dealkylation sites (N-methyl/N-ethyl adjacent to an activating group) is 1. The number of anilines is 2. The van der Waals surface area contributed by atoms with Crippen LogP contribution >= 0.6 is 0 Å². The molecule has 31 heavy (non-hydrogen) atoms. The molecule has 9 heteroatoms. The van der Waals surface area contributed by atoms with Gasteiger partial charge in [-0.2, -0.15) is 10.5 Å². The summed E-state index contributed by atoms with van der Waals surface area (Å²) in [5.74, 6) is -0.385. The summed E-state index contributed by atoms with van der Waals surface area (Å²) < 4.78 is 5.37. The van der Waals surface area contributed by atoms with Gasteiger partial charge in [-0.05, 0) is 30.8 Å². The number of carbonyl (C=O) groups excluding carboxylic acids is 2. The molecule has 1 aromatic carbocycles. The van der Waals surface area contributed by atoms with E-state index in [-0.39, 0.29) is 50.8 Å². The van der Waals surface area contributed by atoms with Crippen LogP contribution in [0, 0.1) is 22.7 Å². The smallest absolute Gasteiger partial charge is 0.238 e. The van der Waals surface area contributed by atoms with E-state index in [2.05, 4.69) is 10.2 Å². The predicted molar refractivity (Wildman–Crippen MR) is 117 cm³/mol. The van der Waals surface area contributed by atoms with Crippen LogP contribution in [0.5, 0.6) is 0 Å². The van der Waals surface area contributed by atoms with Gasteiger partial charge in [0.05, 0.1) is 51.3 Å². The quantitative estimate of drug-likeness (QED) is 0.570. The summed E-state index contributed by atoms with van der Waals surface area (Å²) >= 11 is 0. The number of ether oxygens (including phenoxy) is 1. The van der Waals surface area contributed by atoms with Crippen LogP contribution in [-0.4, -0.2) is 80.6 Å². The highest BCUT2D eigenvalue weighted by Gasteiger charge is 2.18. The van der Waals surface area contributed by atoms with E-state index in [1.807, 2.05) is 43.3 Å². The van der Waals surface area contributed by atoms with E-state index in [4.69, 9.17) is 15.3 Å². The molecule has 166 valence electrons. The minimum atomic E-state index is -0.200. The summed E-state index contributed by atoms with van der Waals surface area (Å²) in [5.41, 5.74) is 1.80. The van der Waals surface area contributed by atoms with E-state index >= 15 is 0 Å². The lowest BCUT2D eigenvalue weighted by atomic mass is 10.2. The zero-order valence-electron chi connectivity index (χ0n) is 18.0. The minimum absolute atomic E-state index is 0.0662. The van der Waals surface area contributed by atoms with Gasteiger partial charge in [0, 0.05) is 37.6 Å². The average Bonchev–Trinajstić information content (AvgIpc) is 2.79. The number of hydrogen-bond acceptors (Lipinski definition) is 7. The van der Waals surface area contributed by atoms with Crippen molar-refractivity contribution in [3.8, 4) is 12.1 Å². The van der Waals surface area contributed by atoms with E-state index < -0.39 is 0 Å². The fourth-order valence-corrected chi connectivity index (χ4v) is 3.28. The average molecular weight is 427 g/mol. The molecule has 0 radical (unpaired) electrons. The molecule has 2 amide bonds. The first-order valence-electron chi connectivity index (χ1n) is 10.5. The van der Waals surface area contributed by atoms with Crippen molar-refractivity contribution in [2.75, 3.05) is 69.2 Å². The number of hydrogen-bond donors (Lipinski definition) is 1. The van der Waals surface area contributed by atoms with Crippen molar-refractivity contribution in [3.05, 3.63) is 24.3 Å². The van der Waals surface area contributed by atoms with Gasteiger partial charge in [0.25, 0.3) is 0 Å². The van der Waals surface area contributed by atoms with Crippen LogP contribution in [0.1, 0.15) is 19.8 Å². The number of nitriles is 2. The highest BCUT2D eigenvalue weighted by molar-refractivity contribution is 5.92. The summed E-state index contributed by atoms with van der Waals surface area (Å²) in [5, 5.41) is 20.4. The maximum Gasteiger partial charge on any atom is 0.238 e. The van der Waals surface area contributed by atoms with Crippen molar-refractivity contribution in [2.24, 2.45) is 0 Å². The maximum absolute atomic E-state index is 12.6. The molecule has 2 rings (SSSR count). The lowest BCUT2D eigenvalue weighted by Gasteiger charge is -2.29. The Morgan fingerprint density at radius 2 is 1.68 bits per heavy atom. The van der Waals surface area contributed by atoms with Crippen molar-refractivity contribution in [1.82, 2.24) is 9.80 Å². The van der Waals surface area contributed by atoms with E-state index in [1.165, 1.54) is 4.90 Å². The molecule has 1 fully saturated rings. The van der Waals surface area contributed by atoms with Crippen molar-refractivity contribution >= 4 is 23.2 Å². The third-order valence-corrected chi connectivity index (χ3v) is 5.04. The summed E-state index contributed by atoms with van der Waals surface area (Å²) in [7, 11) is 0. The molecule has 0 aromatic heterocycles. The molecular formula is C22H30N6O3. The second kappa shape index (κ2) is 13.2. The predicted octanol–water partition coefficient (Wildman–Crippen LogP) is 1.44. The number of rotatable bonds is 11. The van der Waals surface area contributed by atoms with Gasteiger partial charge in [-0.25, -0.2) is 0 Å². The van der Waals surface area contributed by atoms with Gasteiger partial charge in [-0.15, -0.1) is 0 Å². The van der Waals surface area contributed by atoms with Gasteiger partial charge < -0.3 is 19.9 Å². The topological polar surface area (TPSA) is 113 Å². The third-order valence-electron chi connectivity index (χ3n) is 5.04. The third kappa shape index (κ3) is 8.25. The van der Waals surface area contributed by atoms with Crippen molar-refractivity contribution in [1.29, 1.82) is 10.5 Å². The lowest BCUT2D eigenvalue weighted by Crippen LogP contribution is -2.43. The first-order chi connectivity index (χ1) is 15.1. The number of carbonyl (C=O) groups is 2. The summed E-state index contributed by atoms with van der Waals surface area (Å²) in [6.07, 6.45) is 0.425. The monoisotopic (exact) mass is 426 g/mol. The van der Waals surface area contributed by atoms with Crippen LogP contribution in [0.3, 0.4) is 0 Å². The summed E-state index contributed by atoms with van der Waals surface area (Å²) in [6.45, 7) is 6.27. The Hall–Kier alpha value is -3.14. The summed E-state index contributed by atoms with van der Waals surface area (Å²) in [4.78, 5) is 30.5. The Bertz CT molecular complexity index is 775. The van der Waals surface area contributed by atoms with Gasteiger partial charge in [0.1, 0.15) is 0 Å². The van der Waals surface area contributed by atoms with Crippen LogP contribution in [0.2, 0.25) is 0 Å². The Balaban J connectivity index is 1.86. The number of morpholine rings is 1. The van der Waals surface area contributed by atoms with Crippen molar-refractivity contribution < 1.29 is 14.3 Å². The number of nitrogens with zero attached hydrogens (tertiary/aromatic N) is 5. The Labute approximate surface area is 183 Å². The van der Waals surface area contributed by atoms with Gasteiger partial charge in [0.15, 0.2) is 0 Å². The second-order valence-corrected chi connectivity index (χ2v) is 7.19. The van der Waals surface area contributed by atoms with Crippen LogP contribution < -0.4 is 10.2 Å². The largest absolute Gasteiger partial charge is 0.378 e. The molecule has 0 unspecified atom stereocenters. The van der Waals surface area contributed by atoms with Crippen LogP contribution in [-0.2, 0) is 14.3 Å². The van der Waals surface area contributed by atoms with E-state index in [0.29, 0.717) is 25.4 Å². The summed E-state index contributed by atoms with van der Waals surface area (Å²) in [6, 6.07) is 11.7. The molecule has 0 atom stereocenters. The zero-order chi connectivity index (χ0) is 22.5. The molecule has 1 heterocycles. The molecule has 1 saturated heterocycles. The molecular weight excluding hydrogens is 396 g/mol. The lowest BCUT2D eigenvalue weighted by molar-refractivity contribution is -0.132. The van der Waals surface area contributed by atoms with Gasteiger partial charge >= 0.3 is 0 Å². The Morgan fingerprint density at radius 3 is 2.23 bits per heavy atom. The maximum atomic E-state index is 12.6. The first kappa shape index (κ1) is 24.1. The molecule has 1 aromatic rings. The SMILES string of the molecule is CCN(CC(=O)Nc1ccc(N2CCOCC2)cc1)CC(=O)N(CCC#N)CCC#N. The Kier molecular flexibility index (Phi) is 10.3. The fourth-order valence-electron chi connectivity index (χ4n) is 3.28. The normalized spacial score (nSPS) is 13.4. The van der Waals surface area contributed by atoms with Gasteiger partial charge in [-0.3, -0.25) is 14.5 Å². The number of benzene rings is 1. The standard InChI is InChI=1S/C22H30N6O3/c1-2-26(18-22(30)28(11-3-9-23)12-4-10-24)17-21(29)25-19-5-7-20(8-6-19)27-13-15-31-16-14-27/h5-8H,2-4,11-18H2,1H3,(H,25,29). The molecule has 1 N–H and O–H groups in total. The molecule has 0 saturated carbocycles. The van der Waals surface area contributed by atoms with Gasteiger partial charge in [-0.1, -0.05) is 6.92 Å². The zero-order valence-corrected chi connectivity index (χ0v) is 18.0. The second-order valence-electron chi connectivity index (χ2n) is 7.19. The van der Waals surface area contributed by atoms with Crippen molar-refractivity contribution in [2.45, 2.75) is 19.8 Å². The minimum Gasteiger partial charge on any atom is -0.378 e. The highest BCUT2D eigenvalue weighted by atomic mass is 16.5. The fraction of sp³-hybridized carbons (Fsp3) is 0.545. The molecule has 1 aliphatic heterocycles. The van der Waals surface area contributed by atoms with Crippen LogP contribution in [0.25, 0.3) is 0 Å². The highest BCUT2D eigenvalue weighted by Crippen LogP contribution is 2.19. The Morgan fingerprint density at radius 1 is 1.06 bits per heavy atom. The molecule has 0 spiro atoms. The van der Waals surface area contributed by atoms with E-state index in [1.54, 1.807) is 4.90 Å². The van der Waals surface area contributed by atoms with Crippen molar-refractivity contribution in [3.63, 3.8) is 0 Å². The van der Waals surface area contributed by atoms with E-state index in [9.17, 15) is 9.59 Å². The first-order valence-corrected chi connectivity index (χ1v) is 10.5. The van der Waals surface area contributed by atoms with Crippen LogP contribution in [0.15, 0.2) is 24.3 Å². The van der Waals surface area contributed by atoms with E-state index in [0.717, 1.165) is 18.8 Å². The molecule has 0 bridgehead atoms. The molecule has 0 aliphatic carbocycles. The van der Waals surface area contributed by atoms with Crippen LogP contribution in [0.4, 0.5) is 11.4 Å². The number of nitrogens with one attached hydrogen (secondary N) is 1. The molecule has 9 nitrogen and oxygen atoms in total. The van der Waals surface area contributed by atoms with Gasteiger partial charge in [0.2, 0.25) is 11.8 Å². The number of amides is 2.